The number of carbonyl (C=O) groups excluding carboxylic acids is 2. The number of ether oxygens (including phenoxy) is 3. The van der Waals surface area contributed by atoms with Crippen molar-refractivity contribution in [2.75, 3.05) is 7.11 Å². The van der Waals surface area contributed by atoms with Gasteiger partial charge in [0.1, 0.15) is 11.5 Å². The molecule has 1 heterocycles. The minimum absolute atomic E-state index is 0.179. The van der Waals surface area contributed by atoms with Crippen molar-refractivity contribution in [2.45, 2.75) is 13.0 Å². The topological polar surface area (TPSA) is 61.8 Å². The van der Waals surface area contributed by atoms with Gasteiger partial charge in [-0.2, -0.15) is 0 Å². The molecule has 0 radical (unpaired) electrons. The monoisotopic (exact) mass is 324 g/mol. The molecule has 0 bridgehead atoms. The van der Waals surface area contributed by atoms with E-state index in [1.54, 1.807) is 31.2 Å². The van der Waals surface area contributed by atoms with E-state index < -0.39 is 12.1 Å². The van der Waals surface area contributed by atoms with E-state index in [4.69, 9.17) is 9.47 Å². The van der Waals surface area contributed by atoms with Crippen molar-refractivity contribution in [1.29, 1.82) is 0 Å². The highest BCUT2D eigenvalue weighted by atomic mass is 16.6. The summed E-state index contributed by atoms with van der Waals surface area (Å²) >= 11 is 0. The second-order valence-corrected chi connectivity index (χ2v) is 5.29. The van der Waals surface area contributed by atoms with Crippen LogP contribution < -0.4 is 9.47 Å². The largest absolute Gasteiger partial charge is 0.479 e. The lowest BCUT2D eigenvalue weighted by atomic mass is 10.1. The summed E-state index contributed by atoms with van der Waals surface area (Å²) in [6, 6.07) is 14.3. The Morgan fingerprint density at radius 1 is 1.17 bits per heavy atom. The Balaban J connectivity index is 1.82. The van der Waals surface area contributed by atoms with Gasteiger partial charge in [-0.1, -0.05) is 30.3 Å². The first kappa shape index (κ1) is 15.8. The molecule has 0 fully saturated rings. The van der Waals surface area contributed by atoms with Crippen LogP contribution in [-0.2, 0) is 9.53 Å². The van der Waals surface area contributed by atoms with Crippen LogP contribution >= 0.6 is 0 Å². The third-order valence-corrected chi connectivity index (χ3v) is 3.58. The predicted octanol–water partition coefficient (Wildman–Crippen LogP) is 3.24. The zero-order valence-electron chi connectivity index (χ0n) is 13.3. The molecule has 1 atom stereocenters. The number of methoxy groups -OCH3 is 1. The maximum atomic E-state index is 12.4. The molecule has 0 spiro atoms. The van der Waals surface area contributed by atoms with Gasteiger partial charge in [0.15, 0.2) is 11.9 Å². The van der Waals surface area contributed by atoms with Crippen LogP contribution in [0.1, 0.15) is 22.8 Å². The summed E-state index contributed by atoms with van der Waals surface area (Å²) in [4.78, 5) is 23.8. The summed E-state index contributed by atoms with van der Waals surface area (Å²) in [5, 5.41) is 0. The molecule has 0 aliphatic carbocycles. The molecule has 0 unspecified atom stereocenters. The summed E-state index contributed by atoms with van der Waals surface area (Å²) in [5.41, 5.74) is 1.35. The Morgan fingerprint density at radius 3 is 2.62 bits per heavy atom. The van der Waals surface area contributed by atoms with Gasteiger partial charge >= 0.3 is 5.97 Å². The SMILES string of the molecule is COC(=O)[C@@H](C)Oc1ccc2c(c1)OC(=Cc1ccccc1)C2=O. The van der Waals surface area contributed by atoms with Crippen LogP contribution in [0.15, 0.2) is 54.3 Å². The van der Waals surface area contributed by atoms with Crippen LogP contribution in [0.25, 0.3) is 6.08 Å². The molecule has 3 rings (SSSR count). The predicted molar refractivity (Wildman–Crippen MR) is 87.9 cm³/mol. The first-order chi connectivity index (χ1) is 11.6. The van der Waals surface area contributed by atoms with Gasteiger partial charge in [0.25, 0.3) is 0 Å². The Kier molecular flexibility index (Phi) is 4.33. The van der Waals surface area contributed by atoms with E-state index in [-0.39, 0.29) is 11.5 Å². The van der Waals surface area contributed by atoms with Gasteiger partial charge in [0, 0.05) is 6.07 Å². The number of fused-ring (bicyclic) bond motifs is 1. The number of hydrogen-bond donors (Lipinski definition) is 0. The third-order valence-electron chi connectivity index (χ3n) is 3.58. The summed E-state index contributed by atoms with van der Waals surface area (Å²) in [6.45, 7) is 1.59. The minimum Gasteiger partial charge on any atom is -0.479 e. The highest BCUT2D eigenvalue weighted by molar-refractivity contribution is 6.14. The second-order valence-electron chi connectivity index (χ2n) is 5.29. The number of esters is 1. The first-order valence-electron chi connectivity index (χ1n) is 7.46. The Morgan fingerprint density at radius 2 is 1.92 bits per heavy atom. The van der Waals surface area contributed by atoms with Gasteiger partial charge in [-0.15, -0.1) is 0 Å². The van der Waals surface area contributed by atoms with Crippen molar-refractivity contribution >= 4 is 17.8 Å². The average Bonchev–Trinajstić information content (AvgIpc) is 2.90. The van der Waals surface area contributed by atoms with E-state index in [0.29, 0.717) is 17.1 Å². The minimum atomic E-state index is -0.746. The van der Waals surface area contributed by atoms with Crippen LogP contribution in [0.3, 0.4) is 0 Å². The number of rotatable bonds is 4. The lowest BCUT2D eigenvalue weighted by Crippen LogP contribution is -2.24. The third kappa shape index (κ3) is 3.15. The van der Waals surface area contributed by atoms with Crippen molar-refractivity contribution in [3.8, 4) is 11.5 Å². The number of Topliss-reactive ketones (excluding diaryl/α,β-unsaturated/α-hetero) is 1. The summed E-state index contributed by atoms with van der Waals surface area (Å²) in [7, 11) is 1.30. The van der Waals surface area contributed by atoms with Gasteiger partial charge < -0.3 is 14.2 Å². The molecule has 5 nitrogen and oxygen atoms in total. The van der Waals surface area contributed by atoms with Crippen molar-refractivity contribution < 1.29 is 23.8 Å². The maximum absolute atomic E-state index is 12.4. The molecule has 0 saturated heterocycles. The fourth-order valence-corrected chi connectivity index (χ4v) is 2.36. The maximum Gasteiger partial charge on any atom is 0.346 e. The molecule has 0 N–H and O–H groups in total. The molecule has 0 aromatic heterocycles. The zero-order valence-corrected chi connectivity index (χ0v) is 13.3. The number of carbonyl (C=O) groups is 2. The van der Waals surface area contributed by atoms with Crippen LogP contribution in [-0.4, -0.2) is 25.0 Å². The molecule has 5 heteroatoms. The summed E-state index contributed by atoms with van der Waals surface area (Å²) in [5.74, 6) is 0.449. The molecule has 1 aliphatic rings. The van der Waals surface area contributed by atoms with Gasteiger partial charge in [-0.25, -0.2) is 4.79 Å². The van der Waals surface area contributed by atoms with Crippen LogP contribution in [0, 0.1) is 0 Å². The van der Waals surface area contributed by atoms with E-state index in [1.807, 2.05) is 30.3 Å². The fourth-order valence-electron chi connectivity index (χ4n) is 2.36. The highest BCUT2D eigenvalue weighted by Gasteiger charge is 2.28. The summed E-state index contributed by atoms with van der Waals surface area (Å²) < 4.78 is 15.8. The molecule has 2 aromatic rings. The van der Waals surface area contributed by atoms with Crippen LogP contribution in [0.4, 0.5) is 0 Å². The molecular formula is C19H16O5. The van der Waals surface area contributed by atoms with Crippen molar-refractivity contribution in [2.24, 2.45) is 0 Å². The van der Waals surface area contributed by atoms with Gasteiger partial charge in [-0.05, 0) is 30.7 Å². The average molecular weight is 324 g/mol. The van der Waals surface area contributed by atoms with Crippen LogP contribution in [0.2, 0.25) is 0 Å². The molecular weight excluding hydrogens is 308 g/mol. The molecule has 0 saturated carbocycles. The molecule has 122 valence electrons. The molecule has 1 aliphatic heterocycles. The van der Waals surface area contributed by atoms with Crippen molar-refractivity contribution in [3.63, 3.8) is 0 Å². The Labute approximate surface area is 139 Å². The van der Waals surface area contributed by atoms with Crippen LogP contribution in [0.5, 0.6) is 11.5 Å². The molecule has 0 amide bonds. The number of allylic oxidation sites excluding steroid dienone is 1. The Hall–Kier alpha value is -3.08. The number of ketones is 1. The van der Waals surface area contributed by atoms with E-state index in [1.165, 1.54) is 7.11 Å². The molecule has 2 aromatic carbocycles. The van der Waals surface area contributed by atoms with Gasteiger partial charge in [0.2, 0.25) is 5.78 Å². The normalized spacial score (nSPS) is 15.6. The lowest BCUT2D eigenvalue weighted by molar-refractivity contribution is -0.147. The second kappa shape index (κ2) is 6.58. The lowest BCUT2D eigenvalue weighted by Gasteiger charge is -2.12. The molecule has 24 heavy (non-hydrogen) atoms. The Bertz CT molecular complexity index is 808. The van der Waals surface area contributed by atoms with E-state index in [0.717, 1.165) is 5.56 Å². The zero-order chi connectivity index (χ0) is 17.1. The van der Waals surface area contributed by atoms with E-state index in [2.05, 4.69) is 4.74 Å². The van der Waals surface area contributed by atoms with E-state index in [9.17, 15) is 9.59 Å². The summed E-state index contributed by atoms with van der Waals surface area (Å²) in [6.07, 6.45) is 0.949. The number of benzene rings is 2. The first-order valence-corrected chi connectivity index (χ1v) is 7.46. The fraction of sp³-hybridized carbons (Fsp3) is 0.158. The van der Waals surface area contributed by atoms with Crippen molar-refractivity contribution in [3.05, 3.63) is 65.4 Å². The quantitative estimate of drug-likeness (QED) is 0.638. The standard InChI is InChI=1S/C19H16O5/c1-12(19(21)22-2)23-14-8-9-15-16(11-14)24-17(18(15)20)10-13-6-4-3-5-7-13/h3-12H,1-2H3/t12-/m1/s1. The number of hydrogen-bond acceptors (Lipinski definition) is 5. The van der Waals surface area contributed by atoms with Crippen molar-refractivity contribution in [1.82, 2.24) is 0 Å². The smallest absolute Gasteiger partial charge is 0.346 e. The van der Waals surface area contributed by atoms with E-state index >= 15 is 0 Å². The van der Waals surface area contributed by atoms with Gasteiger partial charge in [-0.3, -0.25) is 4.79 Å². The highest BCUT2D eigenvalue weighted by Crippen LogP contribution is 2.35. The van der Waals surface area contributed by atoms with Gasteiger partial charge in [0.05, 0.1) is 12.7 Å².